The molecule has 0 aliphatic carbocycles. The number of aryl methyl sites for hydroxylation is 1. The van der Waals surface area contributed by atoms with Gasteiger partial charge in [-0.25, -0.2) is 0 Å². The summed E-state index contributed by atoms with van der Waals surface area (Å²) in [5.74, 6) is 0.615. The molecule has 0 unspecified atom stereocenters. The summed E-state index contributed by atoms with van der Waals surface area (Å²) >= 11 is 0. The van der Waals surface area contributed by atoms with Crippen LogP contribution < -0.4 is 10.2 Å². The number of hydrogen-bond donors (Lipinski definition) is 2. The molecule has 0 atom stereocenters. The van der Waals surface area contributed by atoms with Crippen molar-refractivity contribution in [2.75, 3.05) is 6.61 Å². The van der Waals surface area contributed by atoms with E-state index in [1.54, 1.807) is 35.1 Å². The van der Waals surface area contributed by atoms with Crippen LogP contribution >= 0.6 is 0 Å². The Morgan fingerprint density at radius 1 is 1.39 bits per heavy atom. The third-order valence-electron chi connectivity index (χ3n) is 2.51. The zero-order valence-electron chi connectivity index (χ0n) is 10.2. The highest BCUT2D eigenvalue weighted by Crippen LogP contribution is 2.07. The Morgan fingerprint density at radius 2 is 2.22 bits per heavy atom. The van der Waals surface area contributed by atoms with Gasteiger partial charge in [-0.05, 0) is 30.1 Å². The topological polar surface area (TPSA) is 67.5 Å². The molecule has 0 amide bonds. The van der Waals surface area contributed by atoms with Crippen LogP contribution in [0.5, 0.6) is 5.75 Å². The fourth-order valence-electron chi connectivity index (χ4n) is 1.61. The van der Waals surface area contributed by atoms with Crippen molar-refractivity contribution < 1.29 is 14.8 Å². The minimum Gasteiger partial charge on any atom is -0.492 e. The molecule has 1 aromatic carbocycles. The molecule has 0 aliphatic heterocycles. The fourth-order valence-corrected chi connectivity index (χ4v) is 1.61. The van der Waals surface area contributed by atoms with Crippen molar-refractivity contribution >= 4 is 12.6 Å². The smallest absolute Gasteiger partial charge is 0.488 e. The summed E-state index contributed by atoms with van der Waals surface area (Å²) in [6.45, 7) is 3.11. The summed E-state index contributed by atoms with van der Waals surface area (Å²) in [5, 5.41) is 22.2. The van der Waals surface area contributed by atoms with Gasteiger partial charge in [-0.15, -0.1) is 0 Å². The van der Waals surface area contributed by atoms with E-state index in [1.807, 2.05) is 13.1 Å². The number of nitrogens with zero attached hydrogens (tertiary/aromatic N) is 2. The van der Waals surface area contributed by atoms with E-state index in [0.29, 0.717) is 24.4 Å². The van der Waals surface area contributed by atoms with E-state index >= 15 is 0 Å². The second-order valence-corrected chi connectivity index (χ2v) is 4.08. The molecule has 94 valence electrons. The zero-order valence-corrected chi connectivity index (χ0v) is 10.2. The van der Waals surface area contributed by atoms with Crippen LogP contribution in [0.1, 0.15) is 5.56 Å². The Hall–Kier alpha value is -1.79. The van der Waals surface area contributed by atoms with Gasteiger partial charge in [-0.2, -0.15) is 5.10 Å². The lowest BCUT2D eigenvalue weighted by Gasteiger charge is -2.07. The van der Waals surface area contributed by atoms with Crippen molar-refractivity contribution in [2.45, 2.75) is 13.5 Å². The Morgan fingerprint density at radius 3 is 2.89 bits per heavy atom. The standard InChI is InChI=1S/C12H15BN2O3/c1-10-8-14-15(9-10)5-6-18-12-4-2-3-11(7-12)13(16)17/h2-4,7-9,16-17H,5-6H2,1H3. The Kier molecular flexibility index (Phi) is 4.01. The summed E-state index contributed by atoms with van der Waals surface area (Å²) < 4.78 is 7.33. The van der Waals surface area contributed by atoms with Gasteiger partial charge in [0.1, 0.15) is 12.4 Å². The normalized spacial score (nSPS) is 10.4. The average Bonchev–Trinajstić information content (AvgIpc) is 2.75. The van der Waals surface area contributed by atoms with Crippen LogP contribution in [-0.4, -0.2) is 33.6 Å². The van der Waals surface area contributed by atoms with Crippen LogP contribution in [-0.2, 0) is 6.54 Å². The molecular formula is C12H15BN2O3. The van der Waals surface area contributed by atoms with Crippen LogP contribution in [0.15, 0.2) is 36.7 Å². The van der Waals surface area contributed by atoms with E-state index < -0.39 is 7.12 Å². The van der Waals surface area contributed by atoms with Crippen molar-refractivity contribution in [3.63, 3.8) is 0 Å². The number of hydrogen-bond acceptors (Lipinski definition) is 4. The van der Waals surface area contributed by atoms with Crippen LogP contribution in [0.4, 0.5) is 0 Å². The first kappa shape index (κ1) is 12.7. The van der Waals surface area contributed by atoms with Crippen LogP contribution in [0.3, 0.4) is 0 Å². The predicted molar refractivity (Wildman–Crippen MR) is 68.7 cm³/mol. The highest BCUT2D eigenvalue weighted by Gasteiger charge is 2.10. The number of rotatable bonds is 5. The first-order valence-electron chi connectivity index (χ1n) is 5.73. The zero-order chi connectivity index (χ0) is 13.0. The lowest BCUT2D eigenvalue weighted by molar-refractivity contribution is 0.291. The van der Waals surface area contributed by atoms with Crippen molar-refractivity contribution in [1.82, 2.24) is 9.78 Å². The van der Waals surface area contributed by atoms with Crippen LogP contribution in [0.25, 0.3) is 0 Å². The molecule has 0 fully saturated rings. The van der Waals surface area contributed by atoms with Gasteiger partial charge in [0.2, 0.25) is 0 Å². The molecule has 1 heterocycles. The number of ether oxygens (including phenoxy) is 1. The van der Waals surface area contributed by atoms with Crippen LogP contribution in [0, 0.1) is 6.92 Å². The Labute approximate surface area is 106 Å². The maximum absolute atomic E-state index is 9.04. The molecule has 1 aromatic heterocycles. The molecule has 0 radical (unpaired) electrons. The van der Waals surface area contributed by atoms with Crippen molar-refractivity contribution in [1.29, 1.82) is 0 Å². The Bertz CT molecular complexity index is 514. The average molecular weight is 246 g/mol. The third kappa shape index (κ3) is 3.35. The van der Waals surface area contributed by atoms with Gasteiger partial charge in [0.15, 0.2) is 0 Å². The van der Waals surface area contributed by atoms with E-state index in [1.165, 1.54) is 0 Å². The van der Waals surface area contributed by atoms with E-state index in [-0.39, 0.29) is 0 Å². The largest absolute Gasteiger partial charge is 0.492 e. The predicted octanol–water partition coefficient (Wildman–Crippen LogP) is -0.0497. The molecule has 2 N–H and O–H groups in total. The molecule has 5 nitrogen and oxygen atoms in total. The molecule has 2 rings (SSSR count). The second kappa shape index (κ2) is 5.70. The van der Waals surface area contributed by atoms with Gasteiger partial charge in [-0.1, -0.05) is 12.1 Å². The highest BCUT2D eigenvalue weighted by molar-refractivity contribution is 6.58. The van der Waals surface area contributed by atoms with Crippen molar-refractivity contribution in [2.24, 2.45) is 0 Å². The lowest BCUT2D eigenvalue weighted by Crippen LogP contribution is -2.29. The number of benzene rings is 1. The summed E-state index contributed by atoms with van der Waals surface area (Å²) in [4.78, 5) is 0. The van der Waals surface area contributed by atoms with Gasteiger partial charge < -0.3 is 14.8 Å². The first-order chi connectivity index (χ1) is 8.65. The molecule has 0 aliphatic rings. The SMILES string of the molecule is Cc1cnn(CCOc2cccc(B(O)O)c2)c1. The molecule has 0 saturated heterocycles. The lowest BCUT2D eigenvalue weighted by atomic mass is 9.80. The van der Waals surface area contributed by atoms with E-state index in [2.05, 4.69) is 5.10 Å². The molecule has 6 heteroatoms. The van der Waals surface area contributed by atoms with E-state index in [0.717, 1.165) is 5.56 Å². The van der Waals surface area contributed by atoms with E-state index in [4.69, 9.17) is 14.8 Å². The maximum Gasteiger partial charge on any atom is 0.488 e. The van der Waals surface area contributed by atoms with Crippen molar-refractivity contribution in [3.8, 4) is 5.75 Å². The fraction of sp³-hybridized carbons (Fsp3) is 0.250. The van der Waals surface area contributed by atoms with Gasteiger partial charge in [0.05, 0.1) is 12.7 Å². The molecule has 0 saturated carbocycles. The van der Waals surface area contributed by atoms with Crippen molar-refractivity contribution in [3.05, 3.63) is 42.2 Å². The highest BCUT2D eigenvalue weighted by atomic mass is 16.5. The summed E-state index contributed by atoms with van der Waals surface area (Å²) in [6, 6.07) is 6.75. The van der Waals surface area contributed by atoms with Gasteiger partial charge in [0.25, 0.3) is 0 Å². The Balaban J connectivity index is 1.88. The molecule has 18 heavy (non-hydrogen) atoms. The van der Waals surface area contributed by atoms with Gasteiger partial charge in [0, 0.05) is 6.20 Å². The molecule has 0 bridgehead atoms. The minimum absolute atomic E-state index is 0.419. The minimum atomic E-state index is -1.47. The summed E-state index contributed by atoms with van der Waals surface area (Å²) in [5.41, 5.74) is 1.53. The number of aromatic nitrogens is 2. The molecule has 2 aromatic rings. The van der Waals surface area contributed by atoms with E-state index in [9.17, 15) is 0 Å². The molecular weight excluding hydrogens is 231 g/mol. The van der Waals surface area contributed by atoms with Gasteiger partial charge in [-0.3, -0.25) is 4.68 Å². The summed E-state index contributed by atoms with van der Waals surface area (Å²) in [7, 11) is -1.47. The first-order valence-corrected chi connectivity index (χ1v) is 5.73. The quantitative estimate of drug-likeness (QED) is 0.726. The summed E-state index contributed by atoms with van der Waals surface area (Å²) in [6.07, 6.45) is 3.74. The molecule has 0 spiro atoms. The third-order valence-corrected chi connectivity index (χ3v) is 2.51. The monoisotopic (exact) mass is 246 g/mol. The van der Waals surface area contributed by atoms with Crippen LogP contribution in [0.2, 0.25) is 0 Å². The second-order valence-electron chi connectivity index (χ2n) is 4.08. The maximum atomic E-state index is 9.04. The van der Waals surface area contributed by atoms with Gasteiger partial charge >= 0.3 is 7.12 Å².